The zero-order valence-electron chi connectivity index (χ0n) is 14.0. The van der Waals surface area contributed by atoms with E-state index >= 15 is 0 Å². The molecule has 128 valence electrons. The number of benzene rings is 2. The van der Waals surface area contributed by atoms with Crippen molar-refractivity contribution >= 4 is 29.3 Å². The highest BCUT2D eigenvalue weighted by Crippen LogP contribution is 2.20. The lowest BCUT2D eigenvalue weighted by Gasteiger charge is -2.08. The molecule has 2 aromatic rings. The maximum absolute atomic E-state index is 11.9. The minimum Gasteiger partial charge on any atom is -0.496 e. The minimum absolute atomic E-state index is 0.0835. The lowest BCUT2D eigenvalue weighted by atomic mass is 10.1. The summed E-state index contributed by atoms with van der Waals surface area (Å²) in [5, 5.41) is 3.70. The maximum Gasteiger partial charge on any atom is 0.220 e. The monoisotopic (exact) mass is 363 g/mol. The molecule has 3 nitrogen and oxygen atoms in total. The topological polar surface area (TPSA) is 38.3 Å². The molecular weight excluding hydrogens is 342 g/mol. The first-order valence-electron chi connectivity index (χ1n) is 7.87. The molecule has 5 heteroatoms. The lowest BCUT2D eigenvalue weighted by molar-refractivity contribution is -0.120. The number of aryl methyl sites for hydroxylation is 2. The van der Waals surface area contributed by atoms with E-state index in [-0.39, 0.29) is 5.91 Å². The second kappa shape index (κ2) is 9.60. The number of thioether (sulfide) groups is 1. The van der Waals surface area contributed by atoms with Gasteiger partial charge in [0, 0.05) is 28.6 Å². The second-order valence-electron chi connectivity index (χ2n) is 5.46. The van der Waals surface area contributed by atoms with E-state index in [0.717, 1.165) is 39.0 Å². The third-order valence-corrected chi connectivity index (χ3v) is 4.87. The molecule has 0 unspecified atom stereocenters. The summed E-state index contributed by atoms with van der Waals surface area (Å²) in [6, 6.07) is 13.8. The quantitative estimate of drug-likeness (QED) is 0.554. The second-order valence-corrected chi connectivity index (χ2v) is 7.06. The van der Waals surface area contributed by atoms with E-state index in [2.05, 4.69) is 11.4 Å². The SMILES string of the molecule is COc1ccc(CCC(=O)NCCSc2ccc(Cl)cc2)cc1C. The van der Waals surface area contributed by atoms with E-state index in [0.29, 0.717) is 13.0 Å². The van der Waals surface area contributed by atoms with Crippen molar-refractivity contribution in [2.45, 2.75) is 24.7 Å². The third-order valence-electron chi connectivity index (χ3n) is 3.61. The minimum atomic E-state index is 0.0835. The average molecular weight is 364 g/mol. The number of hydrogen-bond acceptors (Lipinski definition) is 3. The zero-order valence-corrected chi connectivity index (χ0v) is 15.5. The van der Waals surface area contributed by atoms with Crippen LogP contribution in [0.4, 0.5) is 0 Å². The van der Waals surface area contributed by atoms with Gasteiger partial charge in [0.25, 0.3) is 0 Å². The summed E-state index contributed by atoms with van der Waals surface area (Å²) in [5.74, 6) is 1.80. The highest BCUT2D eigenvalue weighted by Gasteiger charge is 2.04. The molecule has 0 bridgehead atoms. The van der Waals surface area contributed by atoms with Gasteiger partial charge < -0.3 is 10.1 Å². The number of hydrogen-bond donors (Lipinski definition) is 1. The Morgan fingerprint density at radius 3 is 2.62 bits per heavy atom. The molecule has 2 aromatic carbocycles. The Hall–Kier alpha value is -1.65. The molecule has 0 aliphatic carbocycles. The molecule has 1 amide bonds. The van der Waals surface area contributed by atoms with Crippen LogP contribution in [0, 0.1) is 6.92 Å². The van der Waals surface area contributed by atoms with Gasteiger partial charge in [-0.25, -0.2) is 0 Å². The van der Waals surface area contributed by atoms with Crippen LogP contribution in [0.5, 0.6) is 5.75 Å². The van der Waals surface area contributed by atoms with E-state index in [9.17, 15) is 4.79 Å². The van der Waals surface area contributed by atoms with E-state index < -0.39 is 0 Å². The van der Waals surface area contributed by atoms with Gasteiger partial charge in [-0.05, 0) is 54.8 Å². The van der Waals surface area contributed by atoms with Gasteiger partial charge in [-0.1, -0.05) is 23.7 Å². The third kappa shape index (κ3) is 6.10. The zero-order chi connectivity index (χ0) is 17.4. The van der Waals surface area contributed by atoms with Crippen molar-refractivity contribution in [2.75, 3.05) is 19.4 Å². The molecule has 0 aliphatic rings. The van der Waals surface area contributed by atoms with Crippen LogP contribution >= 0.6 is 23.4 Å². The van der Waals surface area contributed by atoms with Gasteiger partial charge in [0.15, 0.2) is 0 Å². The number of nitrogens with one attached hydrogen (secondary N) is 1. The Bertz CT molecular complexity index is 674. The summed E-state index contributed by atoms with van der Waals surface area (Å²) in [6.07, 6.45) is 1.23. The molecule has 0 heterocycles. The van der Waals surface area contributed by atoms with Crippen LogP contribution in [0.2, 0.25) is 5.02 Å². The largest absolute Gasteiger partial charge is 0.496 e. The summed E-state index contributed by atoms with van der Waals surface area (Å²) in [7, 11) is 1.66. The fraction of sp³-hybridized carbons (Fsp3) is 0.316. The van der Waals surface area contributed by atoms with Gasteiger partial charge in [-0.15, -0.1) is 11.8 Å². The molecule has 0 spiro atoms. The van der Waals surface area contributed by atoms with E-state index in [4.69, 9.17) is 16.3 Å². The summed E-state index contributed by atoms with van der Waals surface area (Å²) in [6.45, 7) is 2.67. The fourth-order valence-corrected chi connectivity index (χ4v) is 3.23. The number of carbonyl (C=O) groups excluding carboxylic acids is 1. The Morgan fingerprint density at radius 1 is 1.21 bits per heavy atom. The Balaban J connectivity index is 1.66. The van der Waals surface area contributed by atoms with Crippen LogP contribution in [0.3, 0.4) is 0 Å². The molecular formula is C19H22ClNO2S. The van der Waals surface area contributed by atoms with Crippen LogP contribution in [0.15, 0.2) is 47.4 Å². The normalized spacial score (nSPS) is 10.5. The van der Waals surface area contributed by atoms with Gasteiger partial charge in [0.05, 0.1) is 7.11 Å². The molecule has 24 heavy (non-hydrogen) atoms. The van der Waals surface area contributed by atoms with Gasteiger partial charge in [-0.2, -0.15) is 0 Å². The number of ether oxygens (including phenoxy) is 1. The highest BCUT2D eigenvalue weighted by atomic mass is 35.5. The van der Waals surface area contributed by atoms with Crippen molar-refractivity contribution in [1.82, 2.24) is 5.32 Å². The van der Waals surface area contributed by atoms with Crippen LogP contribution in [-0.2, 0) is 11.2 Å². The van der Waals surface area contributed by atoms with Crippen molar-refractivity contribution in [2.24, 2.45) is 0 Å². The maximum atomic E-state index is 11.9. The lowest BCUT2D eigenvalue weighted by Crippen LogP contribution is -2.25. The average Bonchev–Trinajstić information content (AvgIpc) is 2.58. The van der Waals surface area contributed by atoms with E-state index in [1.807, 2.05) is 43.3 Å². The van der Waals surface area contributed by atoms with Crippen molar-refractivity contribution in [3.05, 3.63) is 58.6 Å². The number of halogens is 1. The molecule has 0 aliphatic heterocycles. The van der Waals surface area contributed by atoms with Crippen molar-refractivity contribution < 1.29 is 9.53 Å². The molecule has 0 fully saturated rings. The smallest absolute Gasteiger partial charge is 0.220 e. The van der Waals surface area contributed by atoms with Gasteiger partial charge in [-0.3, -0.25) is 4.79 Å². The molecule has 0 saturated carbocycles. The van der Waals surface area contributed by atoms with Crippen molar-refractivity contribution in [3.63, 3.8) is 0 Å². The van der Waals surface area contributed by atoms with Crippen molar-refractivity contribution in [1.29, 1.82) is 0 Å². The van der Waals surface area contributed by atoms with Gasteiger partial charge in [0.1, 0.15) is 5.75 Å². The number of rotatable bonds is 8. The number of carbonyl (C=O) groups is 1. The molecule has 0 atom stereocenters. The fourth-order valence-electron chi connectivity index (χ4n) is 2.33. The van der Waals surface area contributed by atoms with Gasteiger partial charge >= 0.3 is 0 Å². The molecule has 1 N–H and O–H groups in total. The van der Waals surface area contributed by atoms with Crippen LogP contribution in [0.1, 0.15) is 17.5 Å². The first kappa shape index (κ1) is 18.7. The summed E-state index contributed by atoms with van der Waals surface area (Å²) < 4.78 is 5.25. The van der Waals surface area contributed by atoms with Gasteiger partial charge in [0.2, 0.25) is 5.91 Å². The molecule has 0 aromatic heterocycles. The van der Waals surface area contributed by atoms with Crippen LogP contribution < -0.4 is 10.1 Å². The molecule has 0 radical (unpaired) electrons. The van der Waals surface area contributed by atoms with E-state index in [1.165, 1.54) is 0 Å². The first-order valence-corrected chi connectivity index (χ1v) is 9.23. The summed E-state index contributed by atoms with van der Waals surface area (Å²) in [4.78, 5) is 13.1. The van der Waals surface area contributed by atoms with E-state index in [1.54, 1.807) is 18.9 Å². The van der Waals surface area contributed by atoms with Crippen LogP contribution in [-0.4, -0.2) is 25.3 Å². The molecule has 0 saturated heterocycles. The predicted octanol–water partition coefficient (Wildman–Crippen LogP) is 4.50. The Morgan fingerprint density at radius 2 is 1.96 bits per heavy atom. The Kier molecular flexibility index (Phi) is 7.47. The first-order chi connectivity index (χ1) is 11.6. The highest BCUT2D eigenvalue weighted by molar-refractivity contribution is 7.99. The predicted molar refractivity (Wildman–Crippen MR) is 101 cm³/mol. The summed E-state index contributed by atoms with van der Waals surface area (Å²) >= 11 is 7.56. The standard InChI is InChI=1S/C19H22ClNO2S/c1-14-13-15(3-9-18(14)23-2)4-10-19(22)21-11-12-24-17-7-5-16(20)6-8-17/h3,5-9,13H,4,10-12H2,1-2H3,(H,21,22). The Labute approximate surface area is 152 Å². The molecule has 2 rings (SSSR count). The summed E-state index contributed by atoms with van der Waals surface area (Å²) in [5.41, 5.74) is 2.24. The van der Waals surface area contributed by atoms with Crippen LogP contribution in [0.25, 0.3) is 0 Å². The number of methoxy groups -OCH3 is 1. The van der Waals surface area contributed by atoms with Crippen molar-refractivity contribution in [3.8, 4) is 5.75 Å². The number of amides is 1.